The first-order valence-electron chi connectivity index (χ1n) is 8.53. The first-order valence-corrected chi connectivity index (χ1v) is 8.53. The summed E-state index contributed by atoms with van der Waals surface area (Å²) in [7, 11) is 0. The van der Waals surface area contributed by atoms with E-state index >= 15 is 0 Å². The summed E-state index contributed by atoms with van der Waals surface area (Å²) < 4.78 is 11.9. The second kappa shape index (κ2) is 7.91. The molecule has 8 nitrogen and oxygen atoms in total. The number of phenolic OH excluding ortho intramolecular Hbond substituents is 2. The Morgan fingerprint density at radius 2 is 1.75 bits per heavy atom. The molecule has 2 atom stereocenters. The van der Waals surface area contributed by atoms with Crippen LogP contribution in [-0.4, -0.2) is 28.3 Å². The fraction of sp³-hybridized carbons (Fsp3) is 0.200. The van der Waals surface area contributed by atoms with Crippen LogP contribution < -0.4 is 20.1 Å². The van der Waals surface area contributed by atoms with E-state index in [-0.39, 0.29) is 23.3 Å². The third kappa shape index (κ3) is 4.35. The normalized spacial score (nSPS) is 17.9. The Labute approximate surface area is 161 Å². The van der Waals surface area contributed by atoms with E-state index in [0.717, 1.165) is 5.56 Å². The smallest absolute Gasteiger partial charge is 0.220 e. The predicted octanol–water partition coefficient (Wildman–Crippen LogP) is 2.18. The molecule has 0 unspecified atom stereocenters. The largest absolute Gasteiger partial charge is 0.504 e. The third-order valence-corrected chi connectivity index (χ3v) is 3.99. The Morgan fingerprint density at radius 1 is 0.964 bits per heavy atom. The monoisotopic (exact) mass is 384 g/mol. The van der Waals surface area contributed by atoms with Gasteiger partial charge < -0.3 is 30.3 Å². The van der Waals surface area contributed by atoms with Crippen LogP contribution in [0.3, 0.4) is 0 Å². The SMILES string of the molecule is CC(=O)N/C=C/c1ccc2c(c1)O[C@H](c1ccc(O)c(O)c1)[C@H](NC(C)=O)O2. The molecule has 146 valence electrons. The highest BCUT2D eigenvalue weighted by atomic mass is 16.6. The fourth-order valence-corrected chi connectivity index (χ4v) is 2.74. The number of hydrogen-bond acceptors (Lipinski definition) is 6. The van der Waals surface area contributed by atoms with Crippen LogP contribution in [0, 0.1) is 0 Å². The number of rotatable bonds is 4. The van der Waals surface area contributed by atoms with Crippen LogP contribution >= 0.6 is 0 Å². The van der Waals surface area contributed by atoms with Crippen molar-refractivity contribution in [2.45, 2.75) is 26.2 Å². The lowest BCUT2D eigenvalue weighted by Gasteiger charge is -2.34. The molecule has 2 aromatic carbocycles. The van der Waals surface area contributed by atoms with Crippen LogP contribution in [-0.2, 0) is 9.59 Å². The third-order valence-electron chi connectivity index (χ3n) is 3.99. The maximum absolute atomic E-state index is 11.6. The number of phenols is 2. The van der Waals surface area contributed by atoms with Crippen molar-refractivity contribution in [2.75, 3.05) is 0 Å². The molecular formula is C20H20N2O6. The highest BCUT2D eigenvalue weighted by Crippen LogP contribution is 2.41. The molecule has 3 rings (SSSR count). The van der Waals surface area contributed by atoms with Crippen LogP contribution in [0.5, 0.6) is 23.0 Å². The van der Waals surface area contributed by atoms with Gasteiger partial charge in [0.05, 0.1) is 0 Å². The number of aromatic hydroxyl groups is 2. The van der Waals surface area contributed by atoms with Gasteiger partial charge in [-0.3, -0.25) is 9.59 Å². The number of hydrogen-bond donors (Lipinski definition) is 4. The molecule has 28 heavy (non-hydrogen) atoms. The van der Waals surface area contributed by atoms with Gasteiger partial charge in [-0.1, -0.05) is 12.1 Å². The number of fused-ring (bicyclic) bond motifs is 1. The first kappa shape index (κ1) is 19.1. The molecular weight excluding hydrogens is 364 g/mol. The van der Waals surface area contributed by atoms with Crippen molar-refractivity contribution in [3.63, 3.8) is 0 Å². The van der Waals surface area contributed by atoms with Crippen molar-refractivity contribution < 1.29 is 29.3 Å². The lowest BCUT2D eigenvalue weighted by atomic mass is 10.1. The summed E-state index contributed by atoms with van der Waals surface area (Å²) in [5, 5.41) is 24.6. The minimum Gasteiger partial charge on any atom is -0.504 e. The zero-order chi connectivity index (χ0) is 20.3. The van der Waals surface area contributed by atoms with E-state index in [9.17, 15) is 19.8 Å². The molecule has 0 saturated carbocycles. The number of amides is 2. The Morgan fingerprint density at radius 3 is 2.43 bits per heavy atom. The van der Waals surface area contributed by atoms with Gasteiger partial charge in [0.1, 0.15) is 0 Å². The van der Waals surface area contributed by atoms with Crippen molar-refractivity contribution in [3.8, 4) is 23.0 Å². The number of nitrogens with one attached hydrogen (secondary N) is 2. The quantitative estimate of drug-likeness (QED) is 0.601. The number of ether oxygens (including phenoxy) is 2. The van der Waals surface area contributed by atoms with E-state index in [0.29, 0.717) is 17.1 Å². The summed E-state index contributed by atoms with van der Waals surface area (Å²) >= 11 is 0. The van der Waals surface area contributed by atoms with Gasteiger partial charge in [-0.2, -0.15) is 0 Å². The van der Waals surface area contributed by atoms with Crippen molar-refractivity contribution in [3.05, 3.63) is 53.7 Å². The van der Waals surface area contributed by atoms with E-state index < -0.39 is 12.3 Å². The van der Waals surface area contributed by atoms with E-state index in [1.54, 1.807) is 30.3 Å². The minimum atomic E-state index is -0.824. The van der Waals surface area contributed by atoms with E-state index in [2.05, 4.69) is 10.6 Å². The first-order chi connectivity index (χ1) is 13.3. The lowest BCUT2D eigenvalue weighted by Crippen LogP contribution is -2.46. The molecule has 1 aliphatic heterocycles. The maximum atomic E-state index is 11.6. The van der Waals surface area contributed by atoms with Gasteiger partial charge in [0, 0.05) is 25.6 Å². The zero-order valence-corrected chi connectivity index (χ0v) is 15.3. The molecule has 0 fully saturated rings. The average molecular weight is 384 g/mol. The average Bonchev–Trinajstić information content (AvgIpc) is 2.63. The Hall–Kier alpha value is -3.68. The molecule has 1 heterocycles. The second-order valence-electron chi connectivity index (χ2n) is 6.27. The summed E-state index contributed by atoms with van der Waals surface area (Å²) in [4.78, 5) is 22.5. The Balaban J connectivity index is 1.92. The number of benzene rings is 2. The molecule has 0 bridgehead atoms. The van der Waals surface area contributed by atoms with Crippen LogP contribution in [0.1, 0.15) is 31.1 Å². The summed E-state index contributed by atoms with van der Waals surface area (Å²) in [5.74, 6) is -0.180. The highest BCUT2D eigenvalue weighted by Gasteiger charge is 2.34. The topological polar surface area (TPSA) is 117 Å². The van der Waals surface area contributed by atoms with Crippen LogP contribution in [0.25, 0.3) is 6.08 Å². The standard InChI is InChI=1S/C20H20N2O6/c1-11(23)21-8-7-13-3-6-17-18(9-13)27-19(20(28-17)22-12(2)24)14-4-5-15(25)16(26)10-14/h3-10,19-20,25-26H,1-2H3,(H,21,23)(H,22,24)/b8-7+/t19-,20-/m1/s1. The van der Waals surface area contributed by atoms with Crippen LogP contribution in [0.4, 0.5) is 0 Å². The van der Waals surface area contributed by atoms with Crippen molar-refractivity contribution in [2.24, 2.45) is 0 Å². The number of carbonyl (C=O) groups is 2. The second-order valence-corrected chi connectivity index (χ2v) is 6.27. The van der Waals surface area contributed by atoms with Gasteiger partial charge in [-0.05, 0) is 35.9 Å². The molecule has 2 amide bonds. The molecule has 4 N–H and O–H groups in total. The summed E-state index contributed by atoms with van der Waals surface area (Å²) in [6.07, 6.45) is 1.64. The van der Waals surface area contributed by atoms with Crippen molar-refractivity contribution >= 4 is 17.9 Å². The molecule has 1 aliphatic rings. The van der Waals surface area contributed by atoms with Crippen LogP contribution in [0.2, 0.25) is 0 Å². The minimum absolute atomic E-state index is 0.181. The molecule has 2 aromatic rings. The number of carbonyl (C=O) groups excluding carboxylic acids is 2. The Bertz CT molecular complexity index is 940. The van der Waals surface area contributed by atoms with Gasteiger partial charge in [-0.15, -0.1) is 0 Å². The molecule has 0 radical (unpaired) electrons. The van der Waals surface area contributed by atoms with E-state index in [4.69, 9.17) is 9.47 Å². The zero-order valence-electron chi connectivity index (χ0n) is 15.3. The highest BCUT2D eigenvalue weighted by molar-refractivity contribution is 5.75. The molecule has 8 heteroatoms. The van der Waals surface area contributed by atoms with Gasteiger partial charge in [0.15, 0.2) is 29.1 Å². The summed E-state index contributed by atoms with van der Waals surface area (Å²) in [5.41, 5.74) is 1.28. The molecule has 0 spiro atoms. The van der Waals surface area contributed by atoms with Crippen molar-refractivity contribution in [1.82, 2.24) is 10.6 Å². The Kier molecular flexibility index (Phi) is 5.39. The fourth-order valence-electron chi connectivity index (χ4n) is 2.74. The molecule has 0 aliphatic carbocycles. The lowest BCUT2D eigenvalue weighted by molar-refractivity contribution is -0.124. The van der Waals surface area contributed by atoms with Gasteiger partial charge >= 0.3 is 0 Å². The molecule has 0 saturated heterocycles. The van der Waals surface area contributed by atoms with Gasteiger partial charge in [-0.25, -0.2) is 0 Å². The summed E-state index contributed by atoms with van der Waals surface area (Å²) in [6.45, 7) is 2.77. The van der Waals surface area contributed by atoms with Gasteiger partial charge in [0.25, 0.3) is 0 Å². The maximum Gasteiger partial charge on any atom is 0.220 e. The van der Waals surface area contributed by atoms with Gasteiger partial charge in [0.2, 0.25) is 18.0 Å². The van der Waals surface area contributed by atoms with E-state index in [1.807, 2.05) is 0 Å². The molecule has 0 aromatic heterocycles. The summed E-state index contributed by atoms with van der Waals surface area (Å²) in [6, 6.07) is 9.46. The van der Waals surface area contributed by atoms with E-state index in [1.165, 1.54) is 32.2 Å². The van der Waals surface area contributed by atoms with Crippen LogP contribution in [0.15, 0.2) is 42.6 Å². The van der Waals surface area contributed by atoms with Crippen molar-refractivity contribution in [1.29, 1.82) is 0 Å². The predicted molar refractivity (Wildman–Crippen MR) is 101 cm³/mol.